The summed E-state index contributed by atoms with van der Waals surface area (Å²) < 4.78 is 44.6. The van der Waals surface area contributed by atoms with Crippen LogP contribution < -0.4 is 4.90 Å². The van der Waals surface area contributed by atoms with Crippen LogP contribution in [0.3, 0.4) is 0 Å². The Morgan fingerprint density at radius 2 is 1.68 bits per heavy atom. The van der Waals surface area contributed by atoms with Crippen LogP contribution in [0.4, 0.5) is 18.9 Å². The van der Waals surface area contributed by atoms with Gasteiger partial charge in [-0.2, -0.15) is 13.2 Å². The quantitative estimate of drug-likeness (QED) is 0.680. The van der Waals surface area contributed by atoms with Gasteiger partial charge in [-0.15, -0.1) is 0 Å². The molecule has 0 saturated carbocycles. The molecule has 1 heterocycles. The Balaban J connectivity index is 1.41. The highest BCUT2D eigenvalue weighted by molar-refractivity contribution is 5.49. The third kappa shape index (κ3) is 5.97. The zero-order valence-electron chi connectivity index (χ0n) is 16.2. The minimum Gasteiger partial charge on any atom is -0.376 e. The topological polar surface area (TPSA) is 15.7 Å². The van der Waals surface area contributed by atoms with Crippen LogP contribution in [-0.4, -0.2) is 44.2 Å². The summed E-state index contributed by atoms with van der Waals surface area (Å²) >= 11 is 0. The van der Waals surface area contributed by atoms with Crippen LogP contribution in [0.5, 0.6) is 0 Å². The maximum absolute atomic E-state index is 12.9. The summed E-state index contributed by atoms with van der Waals surface area (Å²) in [5, 5.41) is 0. The third-order valence-electron chi connectivity index (χ3n) is 4.99. The van der Waals surface area contributed by atoms with E-state index in [2.05, 4.69) is 24.0 Å². The Morgan fingerprint density at radius 1 is 0.964 bits per heavy atom. The van der Waals surface area contributed by atoms with Crippen molar-refractivity contribution in [1.82, 2.24) is 4.90 Å². The van der Waals surface area contributed by atoms with Crippen LogP contribution in [0.25, 0.3) is 0 Å². The van der Waals surface area contributed by atoms with Crippen LogP contribution in [0.1, 0.15) is 18.1 Å². The molecule has 152 valence electrons. The molecule has 1 atom stereocenters. The lowest BCUT2D eigenvalue weighted by Crippen LogP contribution is -2.48. The van der Waals surface area contributed by atoms with Crippen molar-refractivity contribution in [3.63, 3.8) is 0 Å². The van der Waals surface area contributed by atoms with E-state index in [1.165, 1.54) is 17.7 Å². The smallest absolute Gasteiger partial charge is 0.376 e. The summed E-state index contributed by atoms with van der Waals surface area (Å²) in [4.78, 5) is 4.39. The molecule has 1 aliphatic rings. The highest BCUT2D eigenvalue weighted by Gasteiger charge is 2.31. The van der Waals surface area contributed by atoms with Crippen LogP contribution in [0, 0.1) is 5.92 Å². The summed E-state index contributed by atoms with van der Waals surface area (Å²) in [6.07, 6.45) is -4.30. The summed E-state index contributed by atoms with van der Waals surface area (Å²) in [7, 11) is 0. The van der Waals surface area contributed by atoms with E-state index >= 15 is 0 Å². The first-order valence-corrected chi connectivity index (χ1v) is 9.68. The second kappa shape index (κ2) is 9.43. The van der Waals surface area contributed by atoms with Gasteiger partial charge in [-0.25, -0.2) is 0 Å². The number of ether oxygens (including phenoxy) is 1. The van der Waals surface area contributed by atoms with E-state index in [0.717, 1.165) is 38.8 Å². The van der Waals surface area contributed by atoms with Gasteiger partial charge in [-0.05, 0) is 29.7 Å². The Hall–Kier alpha value is -2.05. The zero-order valence-corrected chi connectivity index (χ0v) is 16.2. The largest absolute Gasteiger partial charge is 0.416 e. The van der Waals surface area contributed by atoms with E-state index in [-0.39, 0.29) is 0 Å². The molecule has 0 N–H and O–H groups in total. The lowest BCUT2D eigenvalue weighted by atomic mass is 10.1. The molecule has 2 aromatic rings. The number of hydrogen-bond acceptors (Lipinski definition) is 3. The minimum absolute atomic E-state index is 0.406. The third-order valence-corrected chi connectivity index (χ3v) is 4.99. The number of nitrogens with zero attached hydrogens (tertiary/aromatic N) is 2. The molecule has 0 aromatic heterocycles. The van der Waals surface area contributed by atoms with Gasteiger partial charge in [0, 0.05) is 38.4 Å². The number of anilines is 1. The molecule has 6 heteroatoms. The number of benzene rings is 2. The van der Waals surface area contributed by atoms with E-state index in [0.29, 0.717) is 24.8 Å². The van der Waals surface area contributed by atoms with Crippen molar-refractivity contribution < 1.29 is 17.9 Å². The van der Waals surface area contributed by atoms with Gasteiger partial charge < -0.3 is 9.64 Å². The van der Waals surface area contributed by atoms with Gasteiger partial charge >= 0.3 is 6.18 Å². The highest BCUT2D eigenvalue weighted by atomic mass is 19.4. The van der Waals surface area contributed by atoms with E-state index in [4.69, 9.17) is 4.74 Å². The normalized spacial score (nSPS) is 16.9. The van der Waals surface area contributed by atoms with Gasteiger partial charge in [0.2, 0.25) is 0 Å². The molecule has 0 amide bonds. The van der Waals surface area contributed by atoms with E-state index in [9.17, 15) is 13.2 Å². The molecule has 1 fully saturated rings. The lowest BCUT2D eigenvalue weighted by Gasteiger charge is -2.37. The average Bonchev–Trinajstić information content (AvgIpc) is 2.69. The highest BCUT2D eigenvalue weighted by Crippen LogP contribution is 2.31. The minimum atomic E-state index is -4.30. The molecule has 3 nitrogen and oxygen atoms in total. The maximum atomic E-state index is 12.9. The first kappa shape index (κ1) is 20.7. The lowest BCUT2D eigenvalue weighted by molar-refractivity contribution is -0.137. The van der Waals surface area contributed by atoms with Crippen LogP contribution in [0.15, 0.2) is 54.6 Å². The van der Waals surface area contributed by atoms with Gasteiger partial charge in [0.1, 0.15) is 0 Å². The van der Waals surface area contributed by atoms with Gasteiger partial charge in [0.15, 0.2) is 0 Å². The van der Waals surface area contributed by atoms with E-state index in [1.807, 2.05) is 23.1 Å². The van der Waals surface area contributed by atoms with Crippen molar-refractivity contribution >= 4 is 5.69 Å². The molecule has 0 radical (unpaired) electrons. The van der Waals surface area contributed by atoms with Gasteiger partial charge in [-0.1, -0.05) is 43.3 Å². The molecule has 28 heavy (non-hydrogen) atoms. The Kier molecular flexibility index (Phi) is 6.97. The summed E-state index contributed by atoms with van der Waals surface area (Å²) in [6.45, 7) is 7.59. The molecule has 3 rings (SSSR count). The fourth-order valence-corrected chi connectivity index (χ4v) is 3.51. The molecule has 0 aliphatic carbocycles. The Bertz CT molecular complexity index is 728. The molecule has 0 spiro atoms. The van der Waals surface area contributed by atoms with Gasteiger partial charge in [0.05, 0.1) is 18.8 Å². The van der Waals surface area contributed by atoms with Crippen LogP contribution >= 0.6 is 0 Å². The van der Waals surface area contributed by atoms with Crippen molar-refractivity contribution in [1.29, 1.82) is 0 Å². The number of hydrogen-bond donors (Lipinski definition) is 0. The maximum Gasteiger partial charge on any atom is 0.416 e. The summed E-state index contributed by atoms with van der Waals surface area (Å²) in [5.41, 5.74) is 1.23. The predicted molar refractivity (Wildman–Crippen MR) is 105 cm³/mol. The van der Waals surface area contributed by atoms with E-state index in [1.54, 1.807) is 6.07 Å². The average molecular weight is 392 g/mol. The fourth-order valence-electron chi connectivity index (χ4n) is 3.51. The Labute approximate surface area is 164 Å². The molecular formula is C22H27F3N2O. The first-order valence-electron chi connectivity index (χ1n) is 9.68. The SMILES string of the molecule is CC(COCc1ccccc1)CN1CCN(c2cccc(C(F)(F)F)c2)CC1. The first-order chi connectivity index (χ1) is 13.4. The molecule has 1 unspecified atom stereocenters. The second-order valence-corrected chi connectivity index (χ2v) is 7.44. The van der Waals surface area contributed by atoms with Crippen molar-refractivity contribution in [2.24, 2.45) is 5.92 Å². The van der Waals surface area contributed by atoms with Crippen molar-refractivity contribution in [2.75, 3.05) is 44.2 Å². The second-order valence-electron chi connectivity index (χ2n) is 7.44. The fraction of sp³-hybridized carbons (Fsp3) is 0.455. The number of rotatable bonds is 7. The number of piperazine rings is 1. The summed E-state index contributed by atoms with van der Waals surface area (Å²) in [6, 6.07) is 15.7. The van der Waals surface area contributed by atoms with Crippen molar-refractivity contribution in [3.8, 4) is 0 Å². The molecule has 2 aromatic carbocycles. The van der Waals surface area contributed by atoms with Crippen LogP contribution in [-0.2, 0) is 17.5 Å². The van der Waals surface area contributed by atoms with Crippen molar-refractivity contribution in [2.45, 2.75) is 19.7 Å². The molecule has 0 bridgehead atoms. The Morgan fingerprint density at radius 3 is 2.36 bits per heavy atom. The monoisotopic (exact) mass is 392 g/mol. The number of halogens is 3. The van der Waals surface area contributed by atoms with Gasteiger partial charge in [0.25, 0.3) is 0 Å². The van der Waals surface area contributed by atoms with Crippen molar-refractivity contribution in [3.05, 3.63) is 65.7 Å². The molecular weight excluding hydrogens is 365 g/mol. The van der Waals surface area contributed by atoms with Crippen LogP contribution in [0.2, 0.25) is 0 Å². The molecule has 1 saturated heterocycles. The van der Waals surface area contributed by atoms with Gasteiger partial charge in [-0.3, -0.25) is 4.90 Å². The predicted octanol–water partition coefficient (Wildman–Crippen LogP) is 4.68. The molecule has 1 aliphatic heterocycles. The summed E-state index contributed by atoms with van der Waals surface area (Å²) in [5.74, 6) is 0.406. The number of alkyl halides is 3. The zero-order chi connectivity index (χ0) is 20.0. The standard InChI is InChI=1S/C22H27F3N2O/c1-18(16-28-17-19-6-3-2-4-7-19)15-26-10-12-27(13-11-26)21-9-5-8-20(14-21)22(23,24)25/h2-9,14,18H,10-13,15-17H2,1H3. The van der Waals surface area contributed by atoms with E-state index < -0.39 is 11.7 Å².